The van der Waals surface area contributed by atoms with E-state index in [-0.39, 0.29) is 25.3 Å². The first-order valence-electron chi connectivity index (χ1n) is 16.7. The summed E-state index contributed by atoms with van der Waals surface area (Å²) in [5, 5.41) is 5.98. The van der Waals surface area contributed by atoms with Gasteiger partial charge < -0.3 is 20.1 Å². The van der Waals surface area contributed by atoms with E-state index in [2.05, 4.69) is 20.4 Å². The van der Waals surface area contributed by atoms with Gasteiger partial charge in [0.2, 0.25) is 0 Å². The van der Waals surface area contributed by atoms with E-state index in [9.17, 15) is 19.2 Å². The van der Waals surface area contributed by atoms with Crippen molar-refractivity contribution in [1.29, 1.82) is 0 Å². The molecule has 12 nitrogen and oxygen atoms in total. The van der Waals surface area contributed by atoms with Crippen molar-refractivity contribution in [3.05, 3.63) is 57.9 Å². The number of benzene rings is 1. The Balaban J connectivity index is 1.51. The average molecular weight is 637 g/mol. The topological polar surface area (TPSA) is 124 Å². The summed E-state index contributed by atoms with van der Waals surface area (Å²) in [5.74, 6) is -0.930. The fraction of sp³-hybridized carbons (Fsp3) is 0.588. The lowest BCUT2D eigenvalue weighted by atomic mass is 9.90. The molecular weight excluding hydrogens is 588 g/mol. The number of rotatable bonds is 10. The molecule has 4 aliphatic rings. The van der Waals surface area contributed by atoms with Gasteiger partial charge in [0.15, 0.2) is 0 Å². The van der Waals surface area contributed by atoms with Crippen molar-refractivity contribution in [2.45, 2.75) is 64.5 Å². The number of carbonyl (C=O) groups excluding carboxylic acids is 4. The van der Waals surface area contributed by atoms with Crippen molar-refractivity contribution < 1.29 is 28.7 Å². The van der Waals surface area contributed by atoms with Crippen LogP contribution in [0.25, 0.3) is 0 Å². The maximum atomic E-state index is 13.5. The number of esters is 2. The molecular formula is C34H48N6O6. The number of piperidine rings is 2. The summed E-state index contributed by atoms with van der Waals surface area (Å²) in [6, 6.07) is 5.29. The number of nitrogens with one attached hydrogen (secondary N) is 2. The van der Waals surface area contributed by atoms with Crippen molar-refractivity contribution in [3.8, 4) is 0 Å². The minimum atomic E-state index is -0.724. The van der Waals surface area contributed by atoms with Gasteiger partial charge in [-0.25, -0.2) is 19.2 Å². The molecule has 0 radical (unpaired) electrons. The highest BCUT2D eigenvalue weighted by molar-refractivity contribution is 5.96. The molecule has 0 aromatic heterocycles. The summed E-state index contributed by atoms with van der Waals surface area (Å²) in [4.78, 5) is 60.9. The number of hydrogen-bond acceptors (Lipinski definition) is 8. The Morgan fingerprint density at radius 3 is 1.33 bits per heavy atom. The zero-order chi connectivity index (χ0) is 32.8. The first kappa shape index (κ1) is 33.5. The van der Waals surface area contributed by atoms with Gasteiger partial charge in [0.05, 0.1) is 36.4 Å². The van der Waals surface area contributed by atoms with Crippen LogP contribution >= 0.6 is 0 Å². The predicted octanol–water partition coefficient (Wildman–Crippen LogP) is 3.69. The lowest BCUT2D eigenvalue weighted by Gasteiger charge is -2.38. The highest BCUT2D eigenvalue weighted by Crippen LogP contribution is 2.35. The van der Waals surface area contributed by atoms with Gasteiger partial charge >= 0.3 is 24.0 Å². The van der Waals surface area contributed by atoms with E-state index in [1.54, 1.807) is 27.9 Å². The molecule has 12 heteroatoms. The summed E-state index contributed by atoms with van der Waals surface area (Å²) >= 11 is 0. The second kappa shape index (κ2) is 15.1. The molecule has 2 N–H and O–H groups in total. The highest BCUT2D eigenvalue weighted by atomic mass is 16.5. The van der Waals surface area contributed by atoms with E-state index in [0.717, 1.165) is 51.9 Å². The van der Waals surface area contributed by atoms with Crippen molar-refractivity contribution >= 4 is 24.0 Å². The number of carbonyl (C=O) groups is 4. The smallest absolute Gasteiger partial charge is 0.338 e. The number of likely N-dealkylation sites (N-methyl/N-ethyl adjacent to an activating group) is 2. The summed E-state index contributed by atoms with van der Waals surface area (Å²) in [6.45, 7) is 8.54. The van der Waals surface area contributed by atoms with E-state index in [0.29, 0.717) is 46.8 Å². The largest absolute Gasteiger partial charge is 0.463 e. The number of hydrogen-bond donors (Lipinski definition) is 2. The van der Waals surface area contributed by atoms with E-state index < -0.39 is 24.0 Å². The van der Waals surface area contributed by atoms with Crippen LogP contribution in [0.2, 0.25) is 0 Å². The summed E-state index contributed by atoms with van der Waals surface area (Å²) in [6.07, 6.45) is 6.68. The molecule has 0 saturated carbocycles. The zero-order valence-electron chi connectivity index (χ0n) is 27.6. The van der Waals surface area contributed by atoms with Gasteiger partial charge in [-0.15, -0.1) is 0 Å². The quantitative estimate of drug-likeness (QED) is 0.373. The van der Waals surface area contributed by atoms with E-state index in [1.165, 1.54) is 22.6 Å². The molecule has 250 valence electrons. The molecule has 4 heterocycles. The lowest BCUT2D eigenvalue weighted by Crippen LogP contribution is -2.50. The maximum Gasteiger partial charge on any atom is 0.338 e. The van der Waals surface area contributed by atoms with Gasteiger partial charge in [-0.05, 0) is 76.8 Å². The van der Waals surface area contributed by atoms with Crippen LogP contribution in [0.5, 0.6) is 0 Å². The lowest BCUT2D eigenvalue weighted by molar-refractivity contribution is -0.140. The van der Waals surface area contributed by atoms with Gasteiger partial charge in [0.1, 0.15) is 0 Å². The van der Waals surface area contributed by atoms with E-state index >= 15 is 0 Å². The number of ether oxygens (including phenoxy) is 2. The van der Waals surface area contributed by atoms with Crippen LogP contribution in [0.15, 0.2) is 46.8 Å². The van der Waals surface area contributed by atoms with Crippen LogP contribution in [0.3, 0.4) is 0 Å². The minimum Gasteiger partial charge on any atom is -0.463 e. The Hall–Kier alpha value is -3.90. The van der Waals surface area contributed by atoms with Gasteiger partial charge in [-0.1, -0.05) is 37.1 Å². The SMILES string of the molecule is CCOC(=O)C1=C(CN2CCCCC2)N(C)C(=O)NC1c1ccc(C2NC(=O)N(C)C(CN3CCCCC3)=C2C(=O)OCC)cc1. The average Bonchev–Trinajstić information content (AvgIpc) is 3.06. The van der Waals surface area contributed by atoms with Gasteiger partial charge in [-0.3, -0.25) is 19.6 Å². The van der Waals surface area contributed by atoms with Gasteiger partial charge in [0, 0.05) is 38.6 Å². The third-order valence-electron chi connectivity index (χ3n) is 9.39. The third kappa shape index (κ3) is 7.23. The first-order chi connectivity index (χ1) is 22.2. The fourth-order valence-electron chi connectivity index (χ4n) is 6.84. The summed E-state index contributed by atoms with van der Waals surface area (Å²) in [5.41, 5.74) is 3.47. The van der Waals surface area contributed by atoms with Crippen molar-refractivity contribution in [1.82, 2.24) is 30.2 Å². The standard InChI is InChI=1S/C34H48N6O6/c1-5-45-31(41)27-25(21-39-17-9-7-10-18-39)37(3)33(43)35-29(27)23-13-15-24(16-14-23)30-28(32(42)46-6-2)26(38(4)34(44)36-30)22-40-19-11-8-12-20-40/h13-16,29-30H,5-12,17-22H2,1-4H3,(H,35,43)(H,36,44). The fourth-order valence-corrected chi connectivity index (χ4v) is 6.84. The Kier molecular flexibility index (Phi) is 11.0. The maximum absolute atomic E-state index is 13.5. The van der Waals surface area contributed by atoms with Crippen molar-refractivity contribution in [2.24, 2.45) is 0 Å². The van der Waals surface area contributed by atoms with Crippen molar-refractivity contribution in [3.63, 3.8) is 0 Å². The molecule has 4 amide bonds. The van der Waals surface area contributed by atoms with Crippen LogP contribution in [0.1, 0.15) is 75.6 Å². The van der Waals surface area contributed by atoms with E-state index in [4.69, 9.17) is 9.47 Å². The molecule has 2 atom stereocenters. The molecule has 4 aliphatic heterocycles. The number of amides is 4. The molecule has 2 unspecified atom stereocenters. The molecule has 2 fully saturated rings. The van der Waals surface area contributed by atoms with Crippen LogP contribution in [0.4, 0.5) is 9.59 Å². The Morgan fingerprint density at radius 2 is 1.00 bits per heavy atom. The highest BCUT2D eigenvalue weighted by Gasteiger charge is 2.39. The summed E-state index contributed by atoms with van der Waals surface area (Å²) in [7, 11) is 3.36. The summed E-state index contributed by atoms with van der Waals surface area (Å²) < 4.78 is 11.0. The van der Waals surface area contributed by atoms with E-state index in [1.807, 2.05) is 24.3 Å². The molecule has 1 aromatic carbocycles. The molecule has 1 aromatic rings. The van der Waals surface area contributed by atoms with Crippen LogP contribution in [0, 0.1) is 0 Å². The number of nitrogens with zero attached hydrogens (tertiary/aromatic N) is 4. The molecule has 5 rings (SSSR count). The second-order valence-corrected chi connectivity index (χ2v) is 12.4. The monoisotopic (exact) mass is 636 g/mol. The molecule has 0 aliphatic carbocycles. The Morgan fingerprint density at radius 1 is 0.652 bits per heavy atom. The van der Waals surface area contributed by atoms with Crippen LogP contribution < -0.4 is 10.6 Å². The Bertz CT molecular complexity index is 1260. The normalized spacial score (nSPS) is 23.3. The van der Waals surface area contributed by atoms with Crippen LogP contribution in [-0.4, -0.2) is 110 Å². The van der Waals surface area contributed by atoms with Gasteiger partial charge in [0.25, 0.3) is 0 Å². The predicted molar refractivity (Wildman–Crippen MR) is 172 cm³/mol. The van der Waals surface area contributed by atoms with Crippen LogP contribution in [-0.2, 0) is 19.1 Å². The molecule has 0 bridgehead atoms. The molecule has 46 heavy (non-hydrogen) atoms. The van der Waals surface area contributed by atoms with Gasteiger partial charge in [-0.2, -0.15) is 0 Å². The number of urea groups is 2. The first-order valence-corrected chi connectivity index (χ1v) is 16.7. The Labute approximate surface area is 271 Å². The third-order valence-corrected chi connectivity index (χ3v) is 9.39. The van der Waals surface area contributed by atoms with Crippen molar-refractivity contribution in [2.75, 3.05) is 66.6 Å². The number of likely N-dealkylation sites (tertiary alicyclic amines) is 2. The molecule has 0 spiro atoms. The second-order valence-electron chi connectivity index (χ2n) is 12.4. The zero-order valence-corrected chi connectivity index (χ0v) is 27.6. The minimum absolute atomic E-state index is 0.210. The molecule has 2 saturated heterocycles.